The molecule has 0 saturated carbocycles. The molecule has 0 aliphatic rings. The van der Waals surface area contributed by atoms with E-state index in [0.29, 0.717) is 0 Å². The molecule has 0 atom stereocenters. The van der Waals surface area contributed by atoms with Gasteiger partial charge in [0.2, 0.25) is 0 Å². The first-order chi connectivity index (χ1) is 11.0. The molecule has 6 heteroatoms. The Kier molecular flexibility index (Phi) is 5.51. The second-order valence-corrected chi connectivity index (χ2v) is 8.33. The Balaban J connectivity index is 2.06. The van der Waals surface area contributed by atoms with Gasteiger partial charge in [-0.2, -0.15) is 10.2 Å². The number of hydrogen-bond acceptors (Lipinski definition) is 3. The molecule has 0 N–H and O–H groups in total. The highest BCUT2D eigenvalue weighted by molar-refractivity contribution is 14.1. The van der Waals surface area contributed by atoms with Gasteiger partial charge in [-0.1, -0.05) is 12.1 Å². The molecule has 0 aliphatic heterocycles. The lowest BCUT2D eigenvalue weighted by Gasteiger charge is -2.10. The molecule has 1 aromatic carbocycles. The summed E-state index contributed by atoms with van der Waals surface area (Å²) in [5.41, 5.74) is 6.23. The van der Waals surface area contributed by atoms with Crippen LogP contribution in [0.15, 0.2) is 36.4 Å². The zero-order valence-electron chi connectivity index (χ0n) is 12.4. The van der Waals surface area contributed by atoms with Crippen LogP contribution in [-0.2, 0) is 0 Å². The molecule has 0 saturated heterocycles. The quantitative estimate of drug-likeness (QED) is 0.270. The van der Waals surface area contributed by atoms with E-state index in [4.69, 9.17) is 4.98 Å². The molecular weight excluding hydrogens is 627 g/mol. The fourth-order valence-corrected chi connectivity index (χ4v) is 4.23. The number of aromatic nitrogens is 3. The number of halogens is 3. The van der Waals surface area contributed by atoms with Crippen molar-refractivity contribution in [3.8, 4) is 22.5 Å². The second-order valence-electron chi connectivity index (χ2n) is 5.15. The number of pyridine rings is 1. The molecule has 23 heavy (non-hydrogen) atoms. The van der Waals surface area contributed by atoms with E-state index in [1.807, 2.05) is 19.1 Å². The number of aryl methyl sites for hydroxylation is 2. The Labute approximate surface area is 176 Å². The second kappa shape index (κ2) is 7.26. The van der Waals surface area contributed by atoms with Crippen LogP contribution in [0.1, 0.15) is 11.3 Å². The summed E-state index contributed by atoms with van der Waals surface area (Å²) >= 11 is 7.06. The summed E-state index contributed by atoms with van der Waals surface area (Å²) < 4.78 is 3.46. The molecule has 3 aromatic rings. The standard InChI is InChI=1S/C17H12I3N3/c1-9-3-5-11(16(19)15(9)18)13-8-6-12(17(20)21-13)14-7-4-10(2)22-23-14/h3-8H,1-2H3. The SMILES string of the molecule is Cc1ccc(-c2ccc(-c3ccc(C)c(I)c3I)nc2I)nn1. The van der Waals surface area contributed by atoms with Crippen molar-refractivity contribution < 1.29 is 0 Å². The smallest absolute Gasteiger partial charge is 0.111 e. The van der Waals surface area contributed by atoms with Gasteiger partial charge in [0.25, 0.3) is 0 Å². The van der Waals surface area contributed by atoms with Crippen molar-refractivity contribution >= 4 is 67.8 Å². The number of hydrogen-bond donors (Lipinski definition) is 0. The summed E-state index contributed by atoms with van der Waals surface area (Å²) in [7, 11) is 0. The third-order valence-electron chi connectivity index (χ3n) is 3.47. The predicted octanol–water partition coefficient (Wildman–Crippen LogP) is 5.64. The fourth-order valence-electron chi connectivity index (χ4n) is 2.16. The lowest BCUT2D eigenvalue weighted by molar-refractivity contribution is 0.984. The van der Waals surface area contributed by atoms with Crippen molar-refractivity contribution in [2.45, 2.75) is 13.8 Å². The van der Waals surface area contributed by atoms with Gasteiger partial charge < -0.3 is 0 Å². The van der Waals surface area contributed by atoms with Crippen molar-refractivity contribution in [3.05, 3.63) is 58.5 Å². The number of rotatable bonds is 2. The van der Waals surface area contributed by atoms with Crippen molar-refractivity contribution in [1.82, 2.24) is 15.2 Å². The highest BCUT2D eigenvalue weighted by atomic mass is 127. The highest BCUT2D eigenvalue weighted by Gasteiger charge is 2.13. The van der Waals surface area contributed by atoms with E-state index in [0.717, 1.165) is 26.3 Å². The van der Waals surface area contributed by atoms with Gasteiger partial charge in [0, 0.05) is 18.3 Å². The Bertz CT molecular complexity index is 877. The molecule has 0 bridgehead atoms. The lowest BCUT2D eigenvalue weighted by Crippen LogP contribution is -1.97. The molecule has 3 nitrogen and oxygen atoms in total. The summed E-state index contributed by atoms with van der Waals surface area (Å²) in [6.07, 6.45) is 0. The fraction of sp³-hybridized carbons (Fsp3) is 0.118. The molecule has 3 rings (SSSR count). The third-order valence-corrected chi connectivity index (χ3v) is 7.84. The molecule has 2 heterocycles. The van der Waals surface area contributed by atoms with Gasteiger partial charge in [-0.3, -0.25) is 0 Å². The zero-order chi connectivity index (χ0) is 16.6. The number of nitrogens with zero attached hydrogens (tertiary/aromatic N) is 3. The molecule has 0 radical (unpaired) electrons. The summed E-state index contributed by atoms with van der Waals surface area (Å²) in [6.45, 7) is 4.06. The summed E-state index contributed by atoms with van der Waals surface area (Å²) in [5, 5.41) is 8.39. The average molecular weight is 639 g/mol. The molecule has 2 aromatic heterocycles. The highest BCUT2D eigenvalue weighted by Crippen LogP contribution is 2.31. The molecule has 0 unspecified atom stereocenters. The van der Waals surface area contributed by atoms with Crippen LogP contribution in [0, 0.1) is 24.7 Å². The van der Waals surface area contributed by atoms with Gasteiger partial charge in [0.05, 0.1) is 17.1 Å². The average Bonchev–Trinajstić information content (AvgIpc) is 2.54. The third kappa shape index (κ3) is 3.68. The zero-order valence-corrected chi connectivity index (χ0v) is 18.9. The topological polar surface area (TPSA) is 38.7 Å². The van der Waals surface area contributed by atoms with Crippen molar-refractivity contribution in [1.29, 1.82) is 0 Å². The van der Waals surface area contributed by atoms with E-state index >= 15 is 0 Å². The van der Waals surface area contributed by atoms with Gasteiger partial charge in [-0.15, -0.1) is 0 Å². The van der Waals surface area contributed by atoms with Gasteiger partial charge in [-0.05, 0) is 111 Å². The monoisotopic (exact) mass is 639 g/mol. The minimum Gasteiger partial charge on any atom is -0.241 e. The first-order valence-corrected chi connectivity index (χ1v) is 10.1. The molecule has 0 fully saturated rings. The van der Waals surface area contributed by atoms with Crippen LogP contribution in [-0.4, -0.2) is 15.2 Å². The minimum atomic E-state index is 0.854. The lowest BCUT2D eigenvalue weighted by atomic mass is 10.1. The largest absolute Gasteiger partial charge is 0.241 e. The Morgan fingerprint density at radius 2 is 1.39 bits per heavy atom. The van der Waals surface area contributed by atoms with Crippen LogP contribution in [0.25, 0.3) is 22.5 Å². The summed E-state index contributed by atoms with van der Waals surface area (Å²) in [5.74, 6) is 0. The maximum Gasteiger partial charge on any atom is 0.111 e. The normalized spacial score (nSPS) is 10.8. The maximum absolute atomic E-state index is 4.78. The van der Waals surface area contributed by atoms with E-state index in [1.165, 1.54) is 18.3 Å². The van der Waals surface area contributed by atoms with Crippen LogP contribution in [0.3, 0.4) is 0 Å². The van der Waals surface area contributed by atoms with E-state index < -0.39 is 0 Å². The van der Waals surface area contributed by atoms with Crippen molar-refractivity contribution in [2.75, 3.05) is 0 Å². The molecule has 0 amide bonds. The Hall–Kier alpha value is -0.360. The Morgan fingerprint density at radius 3 is 2.04 bits per heavy atom. The maximum atomic E-state index is 4.78. The number of benzene rings is 1. The summed E-state index contributed by atoms with van der Waals surface area (Å²) in [4.78, 5) is 4.78. The molecule has 0 spiro atoms. The van der Waals surface area contributed by atoms with E-state index in [1.54, 1.807) is 0 Å². The minimum absolute atomic E-state index is 0.854. The van der Waals surface area contributed by atoms with E-state index in [9.17, 15) is 0 Å². The first-order valence-electron chi connectivity index (χ1n) is 6.89. The van der Waals surface area contributed by atoms with Gasteiger partial charge in [-0.25, -0.2) is 4.98 Å². The van der Waals surface area contributed by atoms with Crippen molar-refractivity contribution in [2.24, 2.45) is 0 Å². The predicted molar refractivity (Wildman–Crippen MR) is 118 cm³/mol. The summed E-state index contributed by atoms with van der Waals surface area (Å²) in [6, 6.07) is 12.4. The van der Waals surface area contributed by atoms with Crippen LogP contribution in [0.5, 0.6) is 0 Å². The molecular formula is C17H12I3N3. The van der Waals surface area contributed by atoms with Crippen molar-refractivity contribution in [3.63, 3.8) is 0 Å². The first kappa shape index (κ1) is 17.5. The van der Waals surface area contributed by atoms with Crippen LogP contribution < -0.4 is 0 Å². The van der Waals surface area contributed by atoms with E-state index in [2.05, 4.69) is 109 Å². The van der Waals surface area contributed by atoms with Crippen LogP contribution >= 0.6 is 67.8 Å². The van der Waals surface area contributed by atoms with Gasteiger partial charge >= 0.3 is 0 Å². The van der Waals surface area contributed by atoms with Crippen LogP contribution in [0.4, 0.5) is 0 Å². The van der Waals surface area contributed by atoms with Gasteiger partial charge in [0.15, 0.2) is 0 Å². The van der Waals surface area contributed by atoms with Gasteiger partial charge in [0.1, 0.15) is 3.70 Å². The van der Waals surface area contributed by atoms with Crippen LogP contribution in [0.2, 0.25) is 0 Å². The van der Waals surface area contributed by atoms with E-state index in [-0.39, 0.29) is 0 Å². The Morgan fingerprint density at radius 1 is 0.696 bits per heavy atom. The molecule has 116 valence electrons. The molecule has 0 aliphatic carbocycles.